The molecule has 0 saturated heterocycles. The summed E-state index contributed by atoms with van der Waals surface area (Å²) in [4.78, 5) is 19.1. The summed E-state index contributed by atoms with van der Waals surface area (Å²) in [5.74, 6) is 0.550. The zero-order valence-corrected chi connectivity index (χ0v) is 20.8. The first-order valence-electron chi connectivity index (χ1n) is 12.3. The number of amides is 1. The van der Waals surface area contributed by atoms with Crippen LogP contribution in [0.3, 0.4) is 0 Å². The van der Waals surface area contributed by atoms with Crippen molar-refractivity contribution in [2.75, 3.05) is 7.11 Å². The van der Waals surface area contributed by atoms with Gasteiger partial charge in [-0.05, 0) is 47.5 Å². The van der Waals surface area contributed by atoms with Crippen LogP contribution >= 0.6 is 0 Å². The highest BCUT2D eigenvalue weighted by molar-refractivity contribution is 6.10. The summed E-state index contributed by atoms with van der Waals surface area (Å²) in [5.41, 5.74) is 6.43. The molecule has 186 valence electrons. The molecule has 0 saturated carbocycles. The summed E-state index contributed by atoms with van der Waals surface area (Å²) in [6.45, 7) is 0.355. The van der Waals surface area contributed by atoms with E-state index in [0.717, 1.165) is 44.8 Å². The summed E-state index contributed by atoms with van der Waals surface area (Å²) in [6.07, 6.45) is 3.55. The number of carbonyl (C=O) groups excluding carboxylic acids is 1. The monoisotopic (exact) mass is 499 g/mol. The first kappa shape index (κ1) is 23.2. The number of fused-ring (bicyclic) bond motifs is 1. The van der Waals surface area contributed by atoms with Gasteiger partial charge in [0.15, 0.2) is 0 Å². The van der Waals surface area contributed by atoms with E-state index in [2.05, 4.69) is 15.5 Å². The normalized spacial score (nSPS) is 11.0. The fourth-order valence-corrected chi connectivity index (χ4v) is 4.70. The molecule has 0 unspecified atom stereocenters. The number of para-hydroxylation sites is 1. The predicted octanol–water partition coefficient (Wildman–Crippen LogP) is 6.02. The lowest BCUT2D eigenvalue weighted by atomic mass is 10.0. The number of hydrogen-bond acceptors (Lipinski definition) is 4. The minimum atomic E-state index is -0.196. The summed E-state index contributed by atoms with van der Waals surface area (Å²) in [7, 11) is 1.63. The van der Waals surface area contributed by atoms with Crippen LogP contribution in [0.15, 0.2) is 109 Å². The zero-order chi connectivity index (χ0) is 25.9. The van der Waals surface area contributed by atoms with E-state index < -0.39 is 0 Å². The Kier molecular flexibility index (Phi) is 6.16. The predicted molar refractivity (Wildman–Crippen MR) is 148 cm³/mol. The largest absolute Gasteiger partial charge is 0.497 e. The number of aromatic amines is 1. The number of benzene rings is 3. The van der Waals surface area contributed by atoms with Gasteiger partial charge in [-0.2, -0.15) is 5.10 Å². The maximum absolute atomic E-state index is 14.0. The number of methoxy groups -OCH3 is 1. The lowest BCUT2D eigenvalue weighted by molar-refractivity contribution is 0.0945. The van der Waals surface area contributed by atoms with Gasteiger partial charge in [0.2, 0.25) is 0 Å². The van der Waals surface area contributed by atoms with Crippen LogP contribution in [-0.2, 0) is 6.54 Å². The Labute approximate surface area is 219 Å². The molecule has 0 spiro atoms. The molecule has 3 aromatic carbocycles. The van der Waals surface area contributed by atoms with Crippen LogP contribution in [0.5, 0.6) is 5.75 Å². The summed E-state index contributed by atoms with van der Waals surface area (Å²) in [5, 5.41) is 11.0. The van der Waals surface area contributed by atoms with Crippen molar-refractivity contribution in [2.24, 2.45) is 0 Å². The van der Waals surface area contributed by atoms with Gasteiger partial charge in [0.1, 0.15) is 17.1 Å². The standard InChI is InChI=1S/C31H25N5O2/c1-38-25-14-8-9-21(17-25)18-32-31(37)29-28(22-10-4-2-5-11-22)26-15-16-27(23-19-33-34-20-23)35-30(26)36(29)24-12-6-3-7-13-24/h2-17,19-20H,18H2,1H3,(H,32,37)(H,33,34). The zero-order valence-electron chi connectivity index (χ0n) is 20.8. The van der Waals surface area contributed by atoms with Crippen molar-refractivity contribution in [2.45, 2.75) is 6.54 Å². The third kappa shape index (κ3) is 4.30. The summed E-state index contributed by atoms with van der Waals surface area (Å²) in [6, 6.07) is 31.5. The van der Waals surface area contributed by atoms with E-state index in [4.69, 9.17) is 9.72 Å². The van der Waals surface area contributed by atoms with E-state index in [1.165, 1.54) is 0 Å². The molecule has 0 aliphatic carbocycles. The lowest BCUT2D eigenvalue weighted by Crippen LogP contribution is -2.26. The van der Waals surface area contributed by atoms with Crippen LogP contribution in [-0.4, -0.2) is 32.8 Å². The molecule has 0 radical (unpaired) electrons. The Morgan fingerprint density at radius 3 is 2.45 bits per heavy atom. The Bertz CT molecular complexity index is 1710. The van der Waals surface area contributed by atoms with Gasteiger partial charge in [-0.15, -0.1) is 0 Å². The molecule has 2 N–H and O–H groups in total. The molecule has 1 amide bonds. The fraction of sp³-hybridized carbons (Fsp3) is 0.0645. The highest BCUT2D eigenvalue weighted by Crippen LogP contribution is 2.37. The average molecular weight is 500 g/mol. The highest BCUT2D eigenvalue weighted by Gasteiger charge is 2.26. The SMILES string of the molecule is COc1cccc(CNC(=O)c2c(-c3ccccc3)c3ccc(-c4cn[nH]c4)nc3n2-c2ccccc2)c1. The molecule has 0 fully saturated rings. The number of nitrogens with zero attached hydrogens (tertiary/aromatic N) is 3. The fourth-order valence-electron chi connectivity index (χ4n) is 4.70. The third-order valence-electron chi connectivity index (χ3n) is 6.49. The topological polar surface area (TPSA) is 84.8 Å². The number of hydrogen-bond donors (Lipinski definition) is 2. The van der Waals surface area contributed by atoms with E-state index in [0.29, 0.717) is 17.9 Å². The van der Waals surface area contributed by atoms with Crippen molar-refractivity contribution in [3.05, 3.63) is 121 Å². The maximum Gasteiger partial charge on any atom is 0.269 e. The highest BCUT2D eigenvalue weighted by atomic mass is 16.5. The van der Waals surface area contributed by atoms with Gasteiger partial charge in [-0.25, -0.2) is 4.98 Å². The number of aromatic nitrogens is 4. The van der Waals surface area contributed by atoms with Gasteiger partial charge in [0.05, 0.1) is 19.0 Å². The number of pyridine rings is 1. The van der Waals surface area contributed by atoms with Crippen LogP contribution in [0.2, 0.25) is 0 Å². The third-order valence-corrected chi connectivity index (χ3v) is 6.49. The van der Waals surface area contributed by atoms with Crippen molar-refractivity contribution >= 4 is 16.9 Å². The number of rotatable bonds is 7. The second-order valence-corrected chi connectivity index (χ2v) is 8.85. The van der Waals surface area contributed by atoms with Crippen LogP contribution in [0.25, 0.3) is 39.1 Å². The van der Waals surface area contributed by atoms with E-state index in [1.807, 2.05) is 108 Å². The number of H-pyrrole nitrogens is 1. The number of carbonyl (C=O) groups is 1. The molecule has 0 aliphatic heterocycles. The molecule has 3 heterocycles. The van der Waals surface area contributed by atoms with Gasteiger partial charge in [0.25, 0.3) is 5.91 Å². The summed E-state index contributed by atoms with van der Waals surface area (Å²) >= 11 is 0. The van der Waals surface area contributed by atoms with Crippen LogP contribution in [0.1, 0.15) is 16.1 Å². The van der Waals surface area contributed by atoms with Crippen LogP contribution in [0, 0.1) is 0 Å². The van der Waals surface area contributed by atoms with Gasteiger partial charge in [-0.1, -0.05) is 60.7 Å². The van der Waals surface area contributed by atoms with E-state index in [-0.39, 0.29) is 5.91 Å². The number of nitrogens with one attached hydrogen (secondary N) is 2. The van der Waals surface area contributed by atoms with Crippen molar-refractivity contribution < 1.29 is 9.53 Å². The molecule has 7 heteroatoms. The molecule has 0 aliphatic rings. The van der Waals surface area contributed by atoms with Gasteiger partial charge < -0.3 is 10.1 Å². The van der Waals surface area contributed by atoms with Gasteiger partial charge in [0, 0.05) is 34.9 Å². The molecule has 0 bridgehead atoms. The molecule has 6 rings (SSSR count). The number of ether oxygens (including phenoxy) is 1. The quantitative estimate of drug-likeness (QED) is 0.281. The summed E-state index contributed by atoms with van der Waals surface area (Å²) < 4.78 is 7.30. The van der Waals surface area contributed by atoms with Crippen molar-refractivity contribution in [1.82, 2.24) is 25.1 Å². The Hall–Kier alpha value is -5.17. The molecular weight excluding hydrogens is 474 g/mol. The minimum absolute atomic E-state index is 0.196. The smallest absolute Gasteiger partial charge is 0.269 e. The second kappa shape index (κ2) is 10.1. The molecule has 6 aromatic rings. The lowest BCUT2D eigenvalue weighted by Gasteiger charge is -2.13. The Morgan fingerprint density at radius 2 is 1.71 bits per heavy atom. The van der Waals surface area contributed by atoms with E-state index >= 15 is 0 Å². The molecule has 7 nitrogen and oxygen atoms in total. The Balaban J connectivity index is 1.56. The molecule has 3 aromatic heterocycles. The van der Waals surface area contributed by atoms with Crippen molar-refractivity contribution in [3.63, 3.8) is 0 Å². The maximum atomic E-state index is 14.0. The van der Waals surface area contributed by atoms with E-state index in [1.54, 1.807) is 13.3 Å². The van der Waals surface area contributed by atoms with Gasteiger partial charge >= 0.3 is 0 Å². The average Bonchev–Trinajstić information content (AvgIpc) is 3.63. The second-order valence-electron chi connectivity index (χ2n) is 8.85. The Morgan fingerprint density at radius 1 is 0.921 bits per heavy atom. The first-order valence-corrected chi connectivity index (χ1v) is 12.3. The van der Waals surface area contributed by atoms with E-state index in [9.17, 15) is 4.79 Å². The van der Waals surface area contributed by atoms with Crippen LogP contribution < -0.4 is 10.1 Å². The minimum Gasteiger partial charge on any atom is -0.497 e. The van der Waals surface area contributed by atoms with Crippen molar-refractivity contribution in [3.8, 4) is 33.8 Å². The molecule has 38 heavy (non-hydrogen) atoms. The van der Waals surface area contributed by atoms with Gasteiger partial charge in [-0.3, -0.25) is 14.5 Å². The first-order chi connectivity index (χ1) is 18.7. The van der Waals surface area contributed by atoms with Crippen LogP contribution in [0.4, 0.5) is 0 Å². The van der Waals surface area contributed by atoms with Crippen molar-refractivity contribution in [1.29, 1.82) is 0 Å². The molecular formula is C31H25N5O2. The molecule has 0 atom stereocenters.